The van der Waals surface area contributed by atoms with Crippen LogP contribution in [-0.4, -0.2) is 10.5 Å². The molecule has 86 valence electrons. The van der Waals surface area contributed by atoms with E-state index in [9.17, 15) is 9.59 Å². The number of halogens is 2. The zero-order chi connectivity index (χ0) is 12.3. The van der Waals surface area contributed by atoms with Gasteiger partial charge in [0.2, 0.25) is 0 Å². The molecule has 0 saturated heterocycles. The Morgan fingerprint density at radius 1 is 1.00 bits per heavy atom. The van der Waals surface area contributed by atoms with Crippen LogP contribution in [0.3, 0.4) is 0 Å². The lowest BCUT2D eigenvalue weighted by Gasteiger charge is -2.10. The van der Waals surface area contributed by atoms with Crippen LogP contribution >= 0.6 is 23.2 Å². The van der Waals surface area contributed by atoms with Crippen molar-refractivity contribution >= 4 is 33.7 Å². The summed E-state index contributed by atoms with van der Waals surface area (Å²) in [4.78, 5) is 22.4. The third-order valence-corrected chi connectivity index (χ3v) is 2.89. The molecule has 1 aromatic carbocycles. The summed E-state index contributed by atoms with van der Waals surface area (Å²) in [5.41, 5.74) is 2.46. The van der Waals surface area contributed by atoms with Crippen LogP contribution in [0.25, 0.3) is 0 Å². The quantitative estimate of drug-likeness (QED) is 0.774. The van der Waals surface area contributed by atoms with E-state index >= 15 is 0 Å². The first-order valence-corrected chi connectivity index (χ1v) is 5.82. The van der Waals surface area contributed by atoms with Gasteiger partial charge in [-0.1, -0.05) is 13.8 Å². The van der Waals surface area contributed by atoms with Crippen LogP contribution in [-0.2, 0) is 12.8 Å². The van der Waals surface area contributed by atoms with Crippen LogP contribution in [0.1, 0.15) is 45.7 Å². The number of aryl methyl sites for hydroxylation is 2. The van der Waals surface area contributed by atoms with E-state index in [4.69, 9.17) is 23.2 Å². The molecule has 0 spiro atoms. The summed E-state index contributed by atoms with van der Waals surface area (Å²) in [7, 11) is 0. The van der Waals surface area contributed by atoms with Gasteiger partial charge in [-0.2, -0.15) is 0 Å². The second kappa shape index (κ2) is 5.46. The highest BCUT2D eigenvalue weighted by Gasteiger charge is 2.16. The highest BCUT2D eigenvalue weighted by atomic mass is 35.5. The zero-order valence-electron chi connectivity index (χ0n) is 9.14. The number of carbonyl (C=O) groups is 2. The monoisotopic (exact) mass is 258 g/mol. The molecule has 0 fully saturated rings. The lowest BCUT2D eigenvalue weighted by Crippen LogP contribution is -2.05. The fraction of sp³-hybridized carbons (Fsp3) is 0.333. The molecular weight excluding hydrogens is 247 g/mol. The van der Waals surface area contributed by atoms with Gasteiger partial charge in [-0.15, -0.1) is 0 Å². The summed E-state index contributed by atoms with van der Waals surface area (Å²) in [6, 6.07) is 3.26. The largest absolute Gasteiger partial charge is 0.276 e. The average Bonchev–Trinajstić information content (AvgIpc) is 2.26. The average molecular weight is 259 g/mol. The zero-order valence-corrected chi connectivity index (χ0v) is 10.7. The van der Waals surface area contributed by atoms with Gasteiger partial charge in [0.25, 0.3) is 10.5 Å². The molecule has 16 heavy (non-hydrogen) atoms. The molecule has 0 N–H and O–H groups in total. The Hall–Kier alpha value is -0.860. The normalized spacial score (nSPS) is 10.2. The molecule has 0 saturated carbocycles. The molecule has 0 aliphatic rings. The molecular formula is C12H12Cl2O2. The van der Waals surface area contributed by atoms with Crippen LogP contribution in [0.2, 0.25) is 0 Å². The molecule has 0 atom stereocenters. The molecule has 2 nitrogen and oxygen atoms in total. The predicted octanol–water partition coefficient (Wildman–Crippen LogP) is 3.57. The van der Waals surface area contributed by atoms with Gasteiger partial charge < -0.3 is 0 Å². The van der Waals surface area contributed by atoms with Crippen molar-refractivity contribution in [3.63, 3.8) is 0 Å². The highest BCUT2D eigenvalue weighted by Crippen LogP contribution is 2.22. The summed E-state index contributed by atoms with van der Waals surface area (Å²) in [6.45, 7) is 3.81. The number of carbonyl (C=O) groups excluding carboxylic acids is 2. The van der Waals surface area contributed by atoms with Crippen molar-refractivity contribution < 1.29 is 9.59 Å². The molecule has 0 radical (unpaired) electrons. The minimum Gasteiger partial charge on any atom is -0.276 e. The van der Waals surface area contributed by atoms with Crippen molar-refractivity contribution in [3.05, 3.63) is 34.4 Å². The van der Waals surface area contributed by atoms with Gasteiger partial charge >= 0.3 is 0 Å². The van der Waals surface area contributed by atoms with E-state index in [0.29, 0.717) is 24.0 Å². The van der Waals surface area contributed by atoms with Crippen molar-refractivity contribution in [2.24, 2.45) is 0 Å². The van der Waals surface area contributed by atoms with Crippen LogP contribution < -0.4 is 0 Å². The van der Waals surface area contributed by atoms with Crippen molar-refractivity contribution in [2.75, 3.05) is 0 Å². The van der Waals surface area contributed by atoms with E-state index in [0.717, 1.165) is 11.1 Å². The van der Waals surface area contributed by atoms with Crippen molar-refractivity contribution in [3.8, 4) is 0 Å². The van der Waals surface area contributed by atoms with Gasteiger partial charge in [0.1, 0.15) is 0 Å². The van der Waals surface area contributed by atoms with Crippen molar-refractivity contribution in [1.82, 2.24) is 0 Å². The molecule has 0 unspecified atom stereocenters. The number of hydrogen-bond donors (Lipinski definition) is 0. The number of rotatable bonds is 4. The second-order valence-corrected chi connectivity index (χ2v) is 4.11. The van der Waals surface area contributed by atoms with E-state index in [1.807, 2.05) is 13.8 Å². The van der Waals surface area contributed by atoms with Crippen LogP contribution in [0.15, 0.2) is 12.1 Å². The smallest absolute Gasteiger partial charge is 0.252 e. The summed E-state index contributed by atoms with van der Waals surface area (Å²) >= 11 is 11.0. The summed E-state index contributed by atoms with van der Waals surface area (Å²) in [5, 5.41) is -1.000. The van der Waals surface area contributed by atoms with E-state index in [-0.39, 0.29) is 0 Å². The molecule has 4 heteroatoms. The Kier molecular flexibility index (Phi) is 4.51. The Bertz CT molecular complexity index is 414. The van der Waals surface area contributed by atoms with Gasteiger partial charge in [0.05, 0.1) is 0 Å². The lowest BCUT2D eigenvalue weighted by atomic mass is 9.95. The first kappa shape index (κ1) is 13.2. The van der Waals surface area contributed by atoms with E-state index in [1.54, 1.807) is 12.1 Å². The molecule has 0 heterocycles. The molecule has 0 bridgehead atoms. The standard InChI is InChI=1S/C12H12Cl2O2/c1-3-7-5-9(11(13)15)6-8(4-2)10(7)12(14)16/h5-6H,3-4H2,1-2H3. The van der Waals surface area contributed by atoms with Crippen molar-refractivity contribution in [1.29, 1.82) is 0 Å². The summed E-state index contributed by atoms with van der Waals surface area (Å²) in [5.74, 6) is 0. The van der Waals surface area contributed by atoms with Gasteiger partial charge in [-0.25, -0.2) is 0 Å². The minimum atomic E-state index is -0.516. The van der Waals surface area contributed by atoms with Gasteiger partial charge in [0, 0.05) is 11.1 Å². The maximum atomic E-state index is 11.3. The lowest BCUT2D eigenvalue weighted by molar-refractivity contribution is 0.106. The minimum absolute atomic E-state index is 0.414. The fourth-order valence-corrected chi connectivity index (χ4v) is 2.04. The maximum absolute atomic E-state index is 11.3. The Balaban J connectivity index is 3.49. The van der Waals surface area contributed by atoms with E-state index in [1.165, 1.54) is 0 Å². The fourth-order valence-electron chi connectivity index (χ4n) is 1.69. The maximum Gasteiger partial charge on any atom is 0.252 e. The van der Waals surface area contributed by atoms with Crippen LogP contribution in [0, 0.1) is 0 Å². The van der Waals surface area contributed by atoms with Gasteiger partial charge in [0.15, 0.2) is 0 Å². The molecule has 1 rings (SSSR count). The predicted molar refractivity (Wildman–Crippen MR) is 65.6 cm³/mol. The molecule has 0 aromatic heterocycles. The third-order valence-electron chi connectivity index (χ3n) is 2.49. The van der Waals surface area contributed by atoms with Crippen LogP contribution in [0.4, 0.5) is 0 Å². The topological polar surface area (TPSA) is 34.1 Å². The Morgan fingerprint density at radius 2 is 1.44 bits per heavy atom. The third kappa shape index (κ3) is 2.63. The molecule has 0 aliphatic heterocycles. The number of benzene rings is 1. The number of hydrogen-bond acceptors (Lipinski definition) is 2. The molecule has 0 amide bonds. The molecule has 1 aromatic rings. The SMILES string of the molecule is CCc1cc(C(=O)Cl)cc(CC)c1C(=O)Cl. The van der Waals surface area contributed by atoms with Gasteiger partial charge in [-0.05, 0) is 59.3 Å². The second-order valence-electron chi connectivity index (χ2n) is 3.42. The van der Waals surface area contributed by atoms with Crippen molar-refractivity contribution in [2.45, 2.75) is 26.7 Å². The Labute approximate surface area is 105 Å². The van der Waals surface area contributed by atoms with Gasteiger partial charge in [-0.3, -0.25) is 9.59 Å². The summed E-state index contributed by atoms with van der Waals surface area (Å²) in [6.07, 6.45) is 1.28. The Morgan fingerprint density at radius 3 is 1.69 bits per heavy atom. The first-order valence-electron chi connectivity index (χ1n) is 5.06. The van der Waals surface area contributed by atoms with E-state index in [2.05, 4.69) is 0 Å². The summed E-state index contributed by atoms with van der Waals surface area (Å²) < 4.78 is 0. The highest BCUT2D eigenvalue weighted by molar-refractivity contribution is 6.68. The first-order chi connectivity index (χ1) is 7.51. The van der Waals surface area contributed by atoms with E-state index < -0.39 is 10.5 Å². The molecule has 0 aliphatic carbocycles. The van der Waals surface area contributed by atoms with Crippen LogP contribution in [0.5, 0.6) is 0 Å².